The molecule has 2 N–H and O–H groups in total. The van der Waals surface area contributed by atoms with Crippen LogP contribution in [-0.2, 0) is 4.79 Å². The van der Waals surface area contributed by atoms with Crippen molar-refractivity contribution in [1.82, 2.24) is 10.5 Å². The molecule has 6 heteroatoms. The Morgan fingerprint density at radius 1 is 1.26 bits per heavy atom. The van der Waals surface area contributed by atoms with Gasteiger partial charge in [-0.2, -0.15) is 0 Å². The quantitative estimate of drug-likeness (QED) is 0.855. The monoisotopic (exact) mass is 316 g/mol. The van der Waals surface area contributed by atoms with E-state index in [9.17, 15) is 9.59 Å². The molecule has 0 radical (unpaired) electrons. The molecular weight excluding hydrogens is 296 g/mol. The number of benzene rings is 1. The Morgan fingerprint density at radius 2 is 1.91 bits per heavy atom. The van der Waals surface area contributed by atoms with Crippen LogP contribution >= 0.6 is 0 Å². The van der Waals surface area contributed by atoms with Crippen molar-refractivity contribution in [2.75, 3.05) is 0 Å². The third-order valence-corrected chi connectivity index (χ3v) is 3.39. The van der Waals surface area contributed by atoms with E-state index < -0.39 is 17.9 Å². The predicted molar refractivity (Wildman–Crippen MR) is 85.0 cm³/mol. The number of aromatic nitrogens is 1. The van der Waals surface area contributed by atoms with Crippen molar-refractivity contribution < 1.29 is 19.2 Å². The van der Waals surface area contributed by atoms with E-state index in [0.29, 0.717) is 12.1 Å². The lowest BCUT2D eigenvalue weighted by Gasteiger charge is -2.15. The minimum Gasteiger partial charge on any atom is -0.480 e. The van der Waals surface area contributed by atoms with E-state index in [2.05, 4.69) is 10.5 Å². The van der Waals surface area contributed by atoms with Gasteiger partial charge in [0.05, 0.1) is 0 Å². The smallest absolute Gasteiger partial charge is 0.326 e. The number of hydrogen-bond donors (Lipinski definition) is 2. The lowest BCUT2D eigenvalue weighted by molar-refractivity contribution is -0.139. The molecule has 1 aromatic carbocycles. The van der Waals surface area contributed by atoms with Gasteiger partial charge >= 0.3 is 5.97 Å². The molecule has 23 heavy (non-hydrogen) atoms. The van der Waals surface area contributed by atoms with Crippen LogP contribution in [0, 0.1) is 12.8 Å². The van der Waals surface area contributed by atoms with Crippen LogP contribution < -0.4 is 5.32 Å². The Morgan fingerprint density at radius 3 is 2.48 bits per heavy atom. The highest BCUT2D eigenvalue weighted by Crippen LogP contribution is 2.19. The summed E-state index contributed by atoms with van der Waals surface area (Å²) in [7, 11) is 0. The fourth-order valence-corrected chi connectivity index (χ4v) is 2.16. The van der Waals surface area contributed by atoms with Gasteiger partial charge < -0.3 is 14.9 Å². The van der Waals surface area contributed by atoms with Crippen LogP contribution in [-0.4, -0.2) is 28.2 Å². The second kappa shape index (κ2) is 7.09. The molecule has 1 heterocycles. The molecule has 122 valence electrons. The van der Waals surface area contributed by atoms with Gasteiger partial charge in [-0.1, -0.05) is 48.8 Å². The summed E-state index contributed by atoms with van der Waals surface area (Å²) < 4.78 is 5.04. The van der Waals surface area contributed by atoms with Gasteiger partial charge in [0.1, 0.15) is 11.7 Å². The van der Waals surface area contributed by atoms with Crippen molar-refractivity contribution >= 4 is 11.9 Å². The number of aliphatic carboxylic acids is 1. The maximum Gasteiger partial charge on any atom is 0.326 e. The molecule has 1 atom stereocenters. The molecule has 0 aliphatic carbocycles. The molecule has 0 aliphatic rings. The van der Waals surface area contributed by atoms with Crippen LogP contribution in [0.5, 0.6) is 0 Å². The number of nitrogens with one attached hydrogen (secondary N) is 1. The summed E-state index contributed by atoms with van der Waals surface area (Å²) in [4.78, 5) is 23.3. The van der Waals surface area contributed by atoms with Crippen LogP contribution in [0.1, 0.15) is 36.4 Å². The number of aryl methyl sites for hydroxylation is 1. The first-order valence-electron chi connectivity index (χ1n) is 7.44. The summed E-state index contributed by atoms with van der Waals surface area (Å²) in [6.45, 7) is 5.77. The minimum absolute atomic E-state index is 0.00409. The summed E-state index contributed by atoms with van der Waals surface area (Å²) in [5, 5.41) is 15.5. The van der Waals surface area contributed by atoms with Gasteiger partial charge in [0.25, 0.3) is 5.91 Å². The Labute approximate surface area is 134 Å². The average Bonchev–Trinajstić information content (AvgIpc) is 2.96. The molecule has 0 bridgehead atoms. The van der Waals surface area contributed by atoms with E-state index in [1.807, 2.05) is 45.0 Å². The van der Waals surface area contributed by atoms with Crippen LogP contribution in [0.4, 0.5) is 0 Å². The molecule has 0 aliphatic heterocycles. The first-order valence-corrected chi connectivity index (χ1v) is 7.44. The molecular formula is C17H20N2O4. The molecule has 6 nitrogen and oxygen atoms in total. The summed E-state index contributed by atoms with van der Waals surface area (Å²) in [6, 6.07) is 8.20. The lowest BCUT2D eigenvalue weighted by Crippen LogP contribution is -2.41. The minimum atomic E-state index is -1.06. The highest BCUT2D eigenvalue weighted by atomic mass is 16.5. The third-order valence-electron chi connectivity index (χ3n) is 3.39. The molecule has 0 spiro atoms. The van der Waals surface area contributed by atoms with Crippen molar-refractivity contribution in [3.8, 4) is 11.3 Å². The van der Waals surface area contributed by atoms with Gasteiger partial charge in [-0.05, 0) is 19.3 Å². The molecule has 1 unspecified atom stereocenters. The normalized spacial score (nSPS) is 12.2. The molecule has 1 aromatic heterocycles. The van der Waals surface area contributed by atoms with Crippen molar-refractivity contribution in [1.29, 1.82) is 0 Å². The van der Waals surface area contributed by atoms with Crippen molar-refractivity contribution in [3.05, 3.63) is 41.7 Å². The highest BCUT2D eigenvalue weighted by Gasteiger charge is 2.24. The van der Waals surface area contributed by atoms with E-state index in [0.717, 1.165) is 11.1 Å². The number of carbonyl (C=O) groups is 2. The Bertz CT molecular complexity index is 689. The standard InChI is InChI=1S/C17H20N2O4/c1-10(2)8-14(17(21)22)18-16(20)15-9-13(19-23-15)12-6-4-11(3)5-7-12/h4-7,9-10,14H,8H2,1-3H3,(H,18,20)(H,21,22). The molecule has 0 saturated carbocycles. The Hall–Kier alpha value is -2.63. The molecule has 0 fully saturated rings. The topological polar surface area (TPSA) is 92.4 Å². The number of nitrogens with zero attached hydrogens (tertiary/aromatic N) is 1. The van der Waals surface area contributed by atoms with E-state index >= 15 is 0 Å². The third kappa shape index (κ3) is 4.42. The van der Waals surface area contributed by atoms with Gasteiger partial charge in [0, 0.05) is 11.6 Å². The van der Waals surface area contributed by atoms with E-state index in [1.54, 1.807) is 0 Å². The SMILES string of the molecule is Cc1ccc(-c2cc(C(=O)NC(CC(C)C)C(=O)O)on2)cc1. The van der Waals surface area contributed by atoms with E-state index in [4.69, 9.17) is 9.63 Å². The lowest BCUT2D eigenvalue weighted by atomic mass is 10.0. The van der Waals surface area contributed by atoms with Crippen LogP contribution in [0.15, 0.2) is 34.9 Å². The zero-order valence-corrected chi connectivity index (χ0v) is 13.4. The van der Waals surface area contributed by atoms with Crippen LogP contribution in [0.3, 0.4) is 0 Å². The van der Waals surface area contributed by atoms with Gasteiger partial charge in [-0.15, -0.1) is 0 Å². The molecule has 0 saturated heterocycles. The number of carboxylic acid groups (broad SMARTS) is 1. The van der Waals surface area contributed by atoms with Gasteiger partial charge in [-0.3, -0.25) is 4.79 Å². The van der Waals surface area contributed by atoms with Crippen molar-refractivity contribution in [2.24, 2.45) is 5.92 Å². The number of rotatable bonds is 6. The Balaban J connectivity index is 2.11. The van der Waals surface area contributed by atoms with Crippen molar-refractivity contribution in [2.45, 2.75) is 33.2 Å². The van der Waals surface area contributed by atoms with Gasteiger partial charge in [-0.25, -0.2) is 4.79 Å². The Kier molecular flexibility index (Phi) is 5.16. The molecule has 1 amide bonds. The average molecular weight is 316 g/mol. The first kappa shape index (κ1) is 16.7. The number of carbonyl (C=O) groups excluding carboxylic acids is 1. The predicted octanol–water partition coefficient (Wildman–Crippen LogP) is 2.88. The summed E-state index contributed by atoms with van der Waals surface area (Å²) >= 11 is 0. The maximum atomic E-state index is 12.1. The molecule has 2 rings (SSSR count). The number of hydrogen-bond acceptors (Lipinski definition) is 4. The largest absolute Gasteiger partial charge is 0.480 e. The second-order valence-corrected chi connectivity index (χ2v) is 5.94. The highest BCUT2D eigenvalue weighted by molar-refractivity contribution is 5.95. The van der Waals surface area contributed by atoms with E-state index in [1.165, 1.54) is 6.07 Å². The summed E-state index contributed by atoms with van der Waals surface area (Å²) in [6.07, 6.45) is 0.347. The van der Waals surface area contributed by atoms with E-state index in [-0.39, 0.29) is 11.7 Å². The fraction of sp³-hybridized carbons (Fsp3) is 0.353. The van der Waals surface area contributed by atoms with Crippen LogP contribution in [0.25, 0.3) is 11.3 Å². The summed E-state index contributed by atoms with van der Waals surface area (Å²) in [5.74, 6) is -1.50. The zero-order chi connectivity index (χ0) is 17.0. The number of amides is 1. The zero-order valence-electron chi connectivity index (χ0n) is 13.4. The fourth-order valence-electron chi connectivity index (χ4n) is 2.16. The maximum absolute atomic E-state index is 12.1. The summed E-state index contributed by atoms with van der Waals surface area (Å²) in [5.41, 5.74) is 2.48. The second-order valence-electron chi connectivity index (χ2n) is 5.94. The van der Waals surface area contributed by atoms with Gasteiger partial charge in [0.2, 0.25) is 5.76 Å². The van der Waals surface area contributed by atoms with Crippen molar-refractivity contribution in [3.63, 3.8) is 0 Å². The first-order chi connectivity index (χ1) is 10.9. The number of carboxylic acids is 1. The van der Waals surface area contributed by atoms with Crippen LogP contribution in [0.2, 0.25) is 0 Å². The molecule has 2 aromatic rings. The van der Waals surface area contributed by atoms with Gasteiger partial charge in [0.15, 0.2) is 0 Å².